The fourth-order valence-corrected chi connectivity index (χ4v) is 1.64. The van der Waals surface area contributed by atoms with E-state index in [1.807, 2.05) is 36.4 Å². The van der Waals surface area contributed by atoms with Crippen molar-refractivity contribution in [3.8, 4) is 0 Å². The summed E-state index contributed by atoms with van der Waals surface area (Å²) in [5.74, 6) is -0.128. The summed E-state index contributed by atoms with van der Waals surface area (Å²) < 4.78 is 0. The van der Waals surface area contributed by atoms with Gasteiger partial charge in [0.2, 0.25) is 5.91 Å². The first kappa shape index (κ1) is 12.2. The molecule has 2 N–H and O–H groups in total. The zero-order valence-corrected chi connectivity index (χ0v) is 10.1. The van der Waals surface area contributed by atoms with Gasteiger partial charge in [-0.1, -0.05) is 29.7 Å². The normalized spacial score (nSPS) is 9.83. The Kier molecular flexibility index (Phi) is 3.67. The van der Waals surface area contributed by atoms with Crippen LogP contribution in [0.2, 0.25) is 0 Å². The van der Waals surface area contributed by atoms with Gasteiger partial charge in [-0.15, -0.1) is 0 Å². The molecule has 0 spiro atoms. The summed E-state index contributed by atoms with van der Waals surface area (Å²) in [5.41, 5.74) is 3.04. The maximum atomic E-state index is 11.1. The fourth-order valence-electron chi connectivity index (χ4n) is 1.64. The highest BCUT2D eigenvalue weighted by Crippen LogP contribution is 2.24. The maximum absolute atomic E-state index is 11.1. The van der Waals surface area contributed by atoms with Gasteiger partial charge in [0.15, 0.2) is 0 Å². The molecule has 88 valence electrons. The second kappa shape index (κ2) is 5.40. The molecule has 1 amide bonds. The van der Waals surface area contributed by atoms with Crippen molar-refractivity contribution in [1.29, 1.82) is 0 Å². The monoisotopic (exact) mass is 236 g/mol. The lowest BCUT2D eigenvalue weighted by Crippen LogP contribution is -2.11. The van der Waals surface area contributed by atoms with E-state index in [0.29, 0.717) is 11.2 Å². The van der Waals surface area contributed by atoms with Gasteiger partial charge in [-0.2, -0.15) is 0 Å². The van der Waals surface area contributed by atoms with Crippen LogP contribution in [0.1, 0.15) is 6.92 Å². The number of hydrogen-bond acceptors (Lipinski definition) is 2. The molecule has 0 saturated heterocycles. The Labute approximate surface area is 108 Å². The lowest BCUT2D eigenvalue weighted by molar-refractivity contribution is -0.114. The minimum atomic E-state index is -0.128. The van der Waals surface area contributed by atoms with Crippen LogP contribution in [-0.2, 0) is 4.79 Å². The molecular formula is C14H13BN2O. The average molecular weight is 236 g/mol. The van der Waals surface area contributed by atoms with Crippen LogP contribution >= 0.6 is 0 Å². The second-order valence-electron chi connectivity index (χ2n) is 3.98. The predicted molar refractivity (Wildman–Crippen MR) is 75.9 cm³/mol. The van der Waals surface area contributed by atoms with E-state index in [4.69, 9.17) is 7.85 Å². The topological polar surface area (TPSA) is 41.1 Å². The van der Waals surface area contributed by atoms with Gasteiger partial charge in [0, 0.05) is 12.6 Å². The van der Waals surface area contributed by atoms with Crippen LogP contribution in [0.5, 0.6) is 0 Å². The van der Waals surface area contributed by atoms with Crippen LogP contribution in [-0.4, -0.2) is 13.8 Å². The molecule has 2 aromatic rings. The molecule has 0 aliphatic heterocycles. The van der Waals surface area contributed by atoms with Crippen molar-refractivity contribution in [3.05, 3.63) is 48.5 Å². The average Bonchev–Trinajstić information content (AvgIpc) is 2.33. The molecule has 0 unspecified atom stereocenters. The third kappa shape index (κ3) is 3.14. The molecule has 18 heavy (non-hydrogen) atoms. The molecule has 2 rings (SSSR count). The second-order valence-corrected chi connectivity index (χ2v) is 3.98. The third-order valence-electron chi connectivity index (χ3n) is 2.41. The highest BCUT2D eigenvalue weighted by Gasteiger charge is 2.04. The first-order valence-electron chi connectivity index (χ1n) is 5.64. The van der Waals surface area contributed by atoms with Gasteiger partial charge < -0.3 is 10.6 Å². The van der Waals surface area contributed by atoms with Crippen molar-refractivity contribution in [2.45, 2.75) is 6.92 Å². The summed E-state index contributed by atoms with van der Waals surface area (Å²) in [6.45, 7) is 1.47. The number of nitrogens with one attached hydrogen (secondary N) is 2. The first-order valence-corrected chi connectivity index (χ1v) is 5.64. The van der Waals surface area contributed by atoms with Crippen LogP contribution in [0.25, 0.3) is 0 Å². The van der Waals surface area contributed by atoms with E-state index in [-0.39, 0.29) is 5.91 Å². The van der Waals surface area contributed by atoms with Crippen molar-refractivity contribution in [2.75, 3.05) is 10.6 Å². The Hall–Kier alpha value is -2.23. The molecule has 0 aliphatic rings. The first-order chi connectivity index (χ1) is 8.65. The van der Waals surface area contributed by atoms with Crippen LogP contribution in [0.3, 0.4) is 0 Å². The van der Waals surface area contributed by atoms with E-state index in [0.717, 1.165) is 11.4 Å². The fraction of sp³-hybridized carbons (Fsp3) is 0.0714. The number of carbonyl (C=O) groups is 1. The lowest BCUT2D eigenvalue weighted by Gasteiger charge is -2.13. The standard InChI is InChI=1S/C14H13BN2O/c1-10(18)16-14-9-11(15)7-8-13(14)17-12-5-3-2-4-6-12/h2-9,17H,1H3,(H,16,18). The molecule has 3 nitrogen and oxygen atoms in total. The van der Waals surface area contributed by atoms with E-state index in [9.17, 15) is 4.79 Å². The number of anilines is 3. The molecule has 0 aromatic heterocycles. The molecule has 0 fully saturated rings. The molecule has 2 aromatic carbocycles. The van der Waals surface area contributed by atoms with Gasteiger partial charge in [-0.3, -0.25) is 4.79 Å². The smallest absolute Gasteiger partial charge is 0.221 e. The highest BCUT2D eigenvalue weighted by atomic mass is 16.1. The zero-order chi connectivity index (χ0) is 13.0. The van der Waals surface area contributed by atoms with E-state index in [1.165, 1.54) is 6.92 Å². The van der Waals surface area contributed by atoms with Gasteiger partial charge in [0.1, 0.15) is 7.85 Å². The number of benzene rings is 2. The Balaban J connectivity index is 2.29. The van der Waals surface area contributed by atoms with Crippen molar-refractivity contribution in [1.82, 2.24) is 0 Å². The van der Waals surface area contributed by atoms with Gasteiger partial charge in [-0.25, -0.2) is 0 Å². The third-order valence-corrected chi connectivity index (χ3v) is 2.41. The number of carbonyl (C=O) groups excluding carboxylic acids is 1. The highest BCUT2D eigenvalue weighted by molar-refractivity contribution is 6.33. The van der Waals surface area contributed by atoms with Crippen molar-refractivity contribution in [3.63, 3.8) is 0 Å². The summed E-state index contributed by atoms with van der Waals surface area (Å²) in [6.07, 6.45) is 0. The predicted octanol–water partition coefficient (Wildman–Crippen LogP) is 2.18. The Morgan fingerprint density at radius 3 is 2.44 bits per heavy atom. The molecule has 2 radical (unpaired) electrons. The number of amides is 1. The summed E-state index contributed by atoms with van der Waals surface area (Å²) in [4.78, 5) is 11.1. The van der Waals surface area contributed by atoms with Gasteiger partial charge in [0.05, 0.1) is 11.4 Å². The Morgan fingerprint density at radius 1 is 1.06 bits per heavy atom. The van der Waals surface area contributed by atoms with Gasteiger partial charge in [0.25, 0.3) is 0 Å². The van der Waals surface area contributed by atoms with E-state index >= 15 is 0 Å². The molecular weight excluding hydrogens is 223 g/mol. The van der Waals surface area contributed by atoms with Crippen LogP contribution in [0.4, 0.5) is 17.1 Å². The summed E-state index contributed by atoms with van der Waals surface area (Å²) in [6, 6.07) is 15.1. The Morgan fingerprint density at radius 2 is 1.78 bits per heavy atom. The van der Waals surface area contributed by atoms with E-state index < -0.39 is 0 Å². The number of rotatable bonds is 3. The van der Waals surface area contributed by atoms with Crippen molar-refractivity contribution in [2.24, 2.45) is 0 Å². The molecule has 0 atom stereocenters. The largest absolute Gasteiger partial charge is 0.354 e. The number of para-hydroxylation sites is 1. The van der Waals surface area contributed by atoms with E-state index in [1.54, 1.807) is 12.1 Å². The van der Waals surface area contributed by atoms with Crippen molar-refractivity contribution < 1.29 is 4.79 Å². The lowest BCUT2D eigenvalue weighted by atomic mass is 9.95. The quantitative estimate of drug-likeness (QED) is 0.802. The minimum absolute atomic E-state index is 0.128. The van der Waals surface area contributed by atoms with Gasteiger partial charge >= 0.3 is 0 Å². The van der Waals surface area contributed by atoms with Crippen molar-refractivity contribution >= 4 is 36.3 Å². The summed E-state index contributed by atoms with van der Waals surface area (Å²) in [7, 11) is 5.72. The molecule has 0 saturated carbocycles. The van der Waals surface area contributed by atoms with Crippen LogP contribution in [0, 0.1) is 0 Å². The van der Waals surface area contributed by atoms with E-state index in [2.05, 4.69) is 10.6 Å². The number of hydrogen-bond donors (Lipinski definition) is 2. The van der Waals surface area contributed by atoms with Crippen LogP contribution in [0.15, 0.2) is 48.5 Å². The maximum Gasteiger partial charge on any atom is 0.221 e. The summed E-state index contributed by atoms with van der Waals surface area (Å²) in [5, 5.41) is 5.99. The molecule has 0 heterocycles. The summed E-state index contributed by atoms with van der Waals surface area (Å²) >= 11 is 0. The zero-order valence-electron chi connectivity index (χ0n) is 10.1. The van der Waals surface area contributed by atoms with Gasteiger partial charge in [-0.05, 0) is 24.3 Å². The molecule has 0 bridgehead atoms. The molecule has 4 heteroatoms. The Bertz CT molecular complexity index is 555. The SMILES string of the molecule is [B]c1ccc(Nc2ccccc2)c(NC(C)=O)c1. The molecule has 0 aliphatic carbocycles. The minimum Gasteiger partial charge on any atom is -0.354 e. The van der Waals surface area contributed by atoms with Crippen LogP contribution < -0.4 is 16.1 Å².